The van der Waals surface area contributed by atoms with E-state index in [0.29, 0.717) is 41.4 Å². The van der Waals surface area contributed by atoms with E-state index in [2.05, 4.69) is 4.98 Å². The van der Waals surface area contributed by atoms with Crippen LogP contribution in [0.15, 0.2) is 28.9 Å². The number of carboxylic acids is 1. The van der Waals surface area contributed by atoms with Crippen molar-refractivity contribution in [2.24, 2.45) is 0 Å². The number of aliphatic carboxylic acids is 1. The second-order valence-corrected chi connectivity index (χ2v) is 4.83. The van der Waals surface area contributed by atoms with Crippen LogP contribution in [0.2, 0.25) is 5.02 Å². The number of hydrogen-bond donors (Lipinski definition) is 2. The molecule has 0 bridgehead atoms. The number of phenols is 1. The van der Waals surface area contributed by atoms with Crippen LogP contribution in [0.3, 0.4) is 0 Å². The fourth-order valence-corrected chi connectivity index (χ4v) is 1.99. The van der Waals surface area contributed by atoms with Crippen molar-refractivity contribution in [1.29, 1.82) is 0 Å². The van der Waals surface area contributed by atoms with E-state index in [9.17, 15) is 9.90 Å². The van der Waals surface area contributed by atoms with Gasteiger partial charge >= 0.3 is 65.1 Å². The molecule has 22 heavy (non-hydrogen) atoms. The number of carboxylic acid groups (broad SMARTS) is 1. The van der Waals surface area contributed by atoms with Crippen LogP contribution in [0, 0.1) is 0 Å². The summed E-state index contributed by atoms with van der Waals surface area (Å²) in [6.45, 7) is 0. The van der Waals surface area contributed by atoms with Crippen LogP contribution in [0.25, 0.3) is 11.3 Å². The van der Waals surface area contributed by atoms with Crippen molar-refractivity contribution in [2.45, 2.75) is 25.7 Å². The van der Waals surface area contributed by atoms with E-state index in [0.717, 1.165) is 0 Å². The van der Waals surface area contributed by atoms with Gasteiger partial charge in [0, 0.05) is 23.4 Å². The molecule has 0 aliphatic heterocycles. The number of benzene rings is 1. The molecule has 5 nitrogen and oxygen atoms in total. The van der Waals surface area contributed by atoms with Crippen molar-refractivity contribution in [2.75, 3.05) is 0 Å². The van der Waals surface area contributed by atoms with Crippen LogP contribution in [-0.4, -0.2) is 80.3 Å². The molecule has 0 atom stereocenters. The molecule has 1 aromatic heterocycles. The van der Waals surface area contributed by atoms with E-state index in [1.807, 2.05) is 0 Å². The molecule has 110 valence electrons. The maximum absolute atomic E-state index is 10.4. The summed E-state index contributed by atoms with van der Waals surface area (Å²) in [5, 5.41) is 18.8. The first-order chi connectivity index (χ1) is 9.56. The summed E-state index contributed by atoms with van der Waals surface area (Å²) in [4.78, 5) is 14.7. The molecule has 2 aromatic rings. The number of hydrogen-bond acceptors (Lipinski definition) is 4. The third-order valence-corrected chi connectivity index (χ3v) is 3.05. The Morgan fingerprint density at radius 2 is 2.00 bits per heavy atom. The van der Waals surface area contributed by atoms with Gasteiger partial charge in [0.25, 0.3) is 0 Å². The second-order valence-electron chi connectivity index (χ2n) is 4.39. The fraction of sp³-hybridized carbons (Fsp3) is 0.286. The van der Waals surface area contributed by atoms with Crippen molar-refractivity contribution in [3.05, 3.63) is 35.4 Å². The third-order valence-electron chi connectivity index (χ3n) is 2.82. The number of aromatic hydroxyl groups is 1. The maximum atomic E-state index is 10.4. The Balaban J connectivity index is 0.00000220. The van der Waals surface area contributed by atoms with Crippen molar-refractivity contribution in [3.63, 3.8) is 0 Å². The average molecular weight is 344 g/mol. The third kappa shape index (κ3) is 6.62. The van der Waals surface area contributed by atoms with Gasteiger partial charge in [0.15, 0.2) is 5.89 Å². The predicted octanol–water partition coefficient (Wildman–Crippen LogP) is 2.20. The summed E-state index contributed by atoms with van der Waals surface area (Å²) in [5.74, 6) is -0.202. The van der Waals surface area contributed by atoms with E-state index >= 15 is 0 Å². The molecule has 0 aliphatic carbocycles. The molecule has 2 rings (SSSR count). The molecular weight excluding hydrogens is 328 g/mol. The molecule has 8 heteroatoms. The summed E-state index contributed by atoms with van der Waals surface area (Å²) in [5.41, 5.74) is 1.02. The number of rotatable bonds is 6. The molecule has 0 unspecified atom stereocenters. The molecule has 1 heterocycles. The van der Waals surface area contributed by atoms with Crippen LogP contribution >= 0.6 is 11.6 Å². The summed E-state index contributed by atoms with van der Waals surface area (Å²) in [6, 6.07) is 4.70. The van der Waals surface area contributed by atoms with Crippen LogP contribution in [0.5, 0.6) is 5.75 Å². The zero-order chi connectivity index (χ0) is 14.5. The molecule has 0 saturated carbocycles. The van der Waals surface area contributed by atoms with E-state index in [1.165, 1.54) is 12.3 Å². The van der Waals surface area contributed by atoms with Crippen molar-refractivity contribution in [1.82, 2.24) is 4.98 Å². The monoisotopic (exact) mass is 343 g/mol. The van der Waals surface area contributed by atoms with E-state index < -0.39 is 5.97 Å². The minimum absolute atomic E-state index is 0. The Morgan fingerprint density at radius 3 is 2.68 bits per heavy atom. The topological polar surface area (TPSA) is 83.6 Å². The number of oxazole rings is 1. The zero-order valence-corrected chi connectivity index (χ0v) is 11.4. The summed E-state index contributed by atoms with van der Waals surface area (Å²) < 4.78 is 5.31. The van der Waals surface area contributed by atoms with Crippen molar-refractivity contribution < 1.29 is 19.4 Å². The summed E-state index contributed by atoms with van der Waals surface area (Å²) in [6.07, 6.45) is 3.43. The Kier molecular flexibility index (Phi) is 10.7. The van der Waals surface area contributed by atoms with Crippen LogP contribution < -0.4 is 0 Å². The minimum atomic E-state index is -0.804. The molecule has 0 aliphatic rings. The number of phenolic OH excluding ortho intramolecular Hbond substituents is 1. The first kappa shape index (κ1) is 22.0. The quantitative estimate of drug-likeness (QED) is 0.620. The number of nitrogens with zero attached hydrogens (tertiary/aromatic N) is 1. The number of carbonyl (C=O) groups is 1. The Labute approximate surface area is 177 Å². The molecule has 0 saturated heterocycles. The van der Waals surface area contributed by atoms with Gasteiger partial charge in [0.2, 0.25) is 0 Å². The van der Waals surface area contributed by atoms with Gasteiger partial charge in [-0.2, -0.15) is 0 Å². The van der Waals surface area contributed by atoms with Crippen molar-refractivity contribution in [3.8, 4) is 17.0 Å². The molecule has 0 amide bonds. The Bertz CT molecular complexity index is 619. The van der Waals surface area contributed by atoms with Gasteiger partial charge in [-0.25, -0.2) is 4.98 Å². The van der Waals surface area contributed by atoms with Gasteiger partial charge in [0.05, 0.1) is 0 Å². The van der Waals surface area contributed by atoms with Crippen LogP contribution in [-0.2, 0) is 11.2 Å². The standard InChI is InChI=1S/C14H14ClNO4.2Na.2H/c15-9-5-6-12(17)10(7-9)11-8-20-13(16-11)3-1-2-4-14(18)19;;;;/h5-8,17H,1-4H2,(H,18,19);;;;. The van der Waals surface area contributed by atoms with Gasteiger partial charge in [-0.1, -0.05) is 11.6 Å². The SMILES string of the molecule is O=C(O)CCCCc1nc(-c2cc(Cl)ccc2O)co1.[NaH].[NaH]. The number of halogens is 1. The summed E-state index contributed by atoms with van der Waals surface area (Å²) in [7, 11) is 0. The summed E-state index contributed by atoms with van der Waals surface area (Å²) >= 11 is 5.88. The first-order valence-corrected chi connectivity index (χ1v) is 6.59. The number of unbranched alkanes of at least 4 members (excludes halogenated alkanes) is 1. The number of aromatic nitrogens is 1. The molecule has 0 spiro atoms. The van der Waals surface area contributed by atoms with Crippen LogP contribution in [0.1, 0.15) is 25.2 Å². The fourth-order valence-electron chi connectivity index (χ4n) is 1.82. The molecular formula is C14H16ClNNa2O4. The molecule has 0 fully saturated rings. The second kappa shape index (κ2) is 10.7. The van der Waals surface area contributed by atoms with Gasteiger partial charge in [0.1, 0.15) is 17.7 Å². The van der Waals surface area contributed by atoms with Gasteiger partial charge < -0.3 is 14.6 Å². The first-order valence-electron chi connectivity index (χ1n) is 6.21. The number of aryl methyl sites for hydroxylation is 1. The van der Waals surface area contributed by atoms with Gasteiger partial charge in [-0.05, 0) is 31.0 Å². The molecule has 2 N–H and O–H groups in total. The van der Waals surface area contributed by atoms with Gasteiger partial charge in [-0.3, -0.25) is 4.79 Å². The molecule has 0 radical (unpaired) electrons. The molecule has 1 aromatic carbocycles. The Morgan fingerprint density at radius 1 is 1.27 bits per heavy atom. The predicted molar refractivity (Wildman–Crippen MR) is 88.1 cm³/mol. The van der Waals surface area contributed by atoms with Crippen molar-refractivity contribution >= 4 is 76.7 Å². The van der Waals surface area contributed by atoms with E-state index in [1.54, 1.807) is 12.1 Å². The van der Waals surface area contributed by atoms with Crippen LogP contribution in [0.4, 0.5) is 0 Å². The zero-order valence-electron chi connectivity index (χ0n) is 10.7. The normalized spacial score (nSPS) is 9.68. The van der Waals surface area contributed by atoms with E-state index in [-0.39, 0.29) is 71.3 Å². The Hall–Kier alpha value is -0.01000. The van der Waals surface area contributed by atoms with E-state index in [4.69, 9.17) is 21.1 Å². The average Bonchev–Trinajstić information content (AvgIpc) is 2.86. The van der Waals surface area contributed by atoms with Gasteiger partial charge in [-0.15, -0.1) is 0 Å².